The molecule has 0 saturated carbocycles. The number of hydrogen-bond acceptors (Lipinski definition) is 6. The molecule has 1 aliphatic heterocycles. The molecule has 1 saturated heterocycles. The highest BCUT2D eigenvalue weighted by atomic mass is 32.1. The predicted octanol–water partition coefficient (Wildman–Crippen LogP) is 2.64. The molecular weight excluding hydrogens is 312 g/mol. The third-order valence-electron chi connectivity index (χ3n) is 4.41. The molecule has 1 N–H and O–H groups in total. The molecule has 2 aromatic rings. The van der Waals surface area contributed by atoms with Gasteiger partial charge in [0.2, 0.25) is 0 Å². The van der Waals surface area contributed by atoms with E-state index in [4.69, 9.17) is 9.47 Å². The van der Waals surface area contributed by atoms with Gasteiger partial charge in [0.15, 0.2) is 0 Å². The van der Waals surface area contributed by atoms with E-state index in [2.05, 4.69) is 9.88 Å². The molecule has 2 heterocycles. The lowest BCUT2D eigenvalue weighted by molar-refractivity contribution is -0.0280. The molecule has 0 aliphatic carbocycles. The van der Waals surface area contributed by atoms with Crippen molar-refractivity contribution in [3.63, 3.8) is 0 Å². The lowest BCUT2D eigenvalue weighted by Crippen LogP contribution is -2.42. The largest absolute Gasteiger partial charge is 0.497 e. The van der Waals surface area contributed by atoms with E-state index in [0.29, 0.717) is 24.3 Å². The number of hydrogen-bond donors (Lipinski definition) is 1. The Morgan fingerprint density at radius 1 is 1.17 bits per heavy atom. The number of methoxy groups -OCH3 is 2. The van der Waals surface area contributed by atoms with Gasteiger partial charge >= 0.3 is 0 Å². The normalized spacial score (nSPS) is 17.9. The second kappa shape index (κ2) is 6.86. The Bertz CT molecular complexity index is 615. The number of piperidine rings is 1. The van der Waals surface area contributed by atoms with Crippen LogP contribution in [0.1, 0.15) is 23.4 Å². The first kappa shape index (κ1) is 16.2. The van der Waals surface area contributed by atoms with Crippen LogP contribution < -0.4 is 9.47 Å². The van der Waals surface area contributed by atoms with Gasteiger partial charge in [-0.05, 0) is 30.5 Å². The molecule has 6 heteroatoms. The lowest BCUT2D eigenvalue weighted by Gasteiger charge is -2.38. The monoisotopic (exact) mass is 334 g/mol. The first-order chi connectivity index (χ1) is 11.1. The van der Waals surface area contributed by atoms with Crippen LogP contribution in [0.15, 0.2) is 29.8 Å². The van der Waals surface area contributed by atoms with Gasteiger partial charge in [0.05, 0.1) is 26.4 Å². The van der Waals surface area contributed by atoms with Crippen LogP contribution >= 0.6 is 11.3 Å². The van der Waals surface area contributed by atoms with Crippen LogP contribution in [0, 0.1) is 0 Å². The zero-order chi connectivity index (χ0) is 16.3. The van der Waals surface area contributed by atoms with Gasteiger partial charge in [0.25, 0.3) is 0 Å². The highest BCUT2D eigenvalue weighted by molar-refractivity contribution is 7.09. The van der Waals surface area contributed by atoms with Gasteiger partial charge in [0, 0.05) is 30.7 Å². The molecule has 1 aliphatic rings. The number of ether oxygens (including phenoxy) is 2. The van der Waals surface area contributed by atoms with Gasteiger partial charge in [-0.1, -0.05) is 0 Å². The van der Waals surface area contributed by atoms with Gasteiger partial charge in [-0.25, -0.2) is 4.98 Å². The van der Waals surface area contributed by atoms with E-state index >= 15 is 0 Å². The fraction of sp³-hybridized carbons (Fsp3) is 0.471. The summed E-state index contributed by atoms with van der Waals surface area (Å²) in [6, 6.07) is 5.63. The van der Waals surface area contributed by atoms with Gasteiger partial charge in [-0.2, -0.15) is 0 Å². The van der Waals surface area contributed by atoms with Crippen LogP contribution in [0.25, 0.3) is 0 Å². The van der Waals surface area contributed by atoms with E-state index in [1.54, 1.807) is 25.6 Å². The van der Waals surface area contributed by atoms with E-state index < -0.39 is 5.60 Å². The van der Waals surface area contributed by atoms with Crippen molar-refractivity contribution >= 4 is 11.3 Å². The fourth-order valence-corrected chi connectivity index (χ4v) is 3.63. The number of aromatic nitrogens is 1. The molecule has 5 nitrogen and oxygen atoms in total. The molecule has 0 radical (unpaired) electrons. The van der Waals surface area contributed by atoms with Crippen molar-refractivity contribution in [2.45, 2.75) is 25.0 Å². The van der Waals surface area contributed by atoms with Crippen LogP contribution in [0.5, 0.6) is 11.5 Å². The molecule has 1 aromatic heterocycles. The molecule has 0 spiro atoms. The summed E-state index contributed by atoms with van der Waals surface area (Å²) < 4.78 is 10.6. The Morgan fingerprint density at radius 2 is 1.83 bits per heavy atom. The van der Waals surface area contributed by atoms with Crippen LogP contribution in [0.4, 0.5) is 0 Å². The van der Waals surface area contributed by atoms with Crippen LogP contribution in [0.3, 0.4) is 0 Å². The number of aliphatic hydroxyl groups is 1. The highest BCUT2D eigenvalue weighted by Gasteiger charge is 2.34. The molecular formula is C17H22N2O3S. The minimum absolute atomic E-state index is 0.689. The average Bonchev–Trinajstić information content (AvgIpc) is 3.09. The number of rotatable bonds is 5. The van der Waals surface area contributed by atoms with Crippen molar-refractivity contribution in [2.75, 3.05) is 27.3 Å². The summed E-state index contributed by atoms with van der Waals surface area (Å²) in [6.45, 7) is 2.54. The van der Waals surface area contributed by atoms with Crippen molar-refractivity contribution in [1.82, 2.24) is 9.88 Å². The zero-order valence-electron chi connectivity index (χ0n) is 13.5. The number of likely N-dealkylation sites (tertiary alicyclic amines) is 1. The average molecular weight is 334 g/mol. The second-order valence-corrected chi connectivity index (χ2v) is 6.81. The van der Waals surface area contributed by atoms with Crippen LogP contribution in [-0.2, 0) is 12.1 Å². The summed E-state index contributed by atoms with van der Waals surface area (Å²) in [7, 11) is 3.25. The van der Waals surface area contributed by atoms with Crippen LogP contribution in [0.2, 0.25) is 0 Å². The standard InChI is InChI=1S/C17H22N2O3S/c1-21-14-9-13(10-15(11-14)22-2)17(20)3-6-19(7-4-17)12-16-18-5-8-23-16/h5,8-11,20H,3-4,6-7,12H2,1-2H3. The molecule has 1 aromatic carbocycles. The fourth-order valence-electron chi connectivity index (χ4n) is 2.97. The Morgan fingerprint density at radius 3 is 2.35 bits per heavy atom. The van der Waals surface area contributed by atoms with Crippen LogP contribution in [-0.4, -0.2) is 42.3 Å². The van der Waals surface area contributed by atoms with E-state index in [1.807, 2.05) is 29.8 Å². The number of nitrogens with zero attached hydrogens (tertiary/aromatic N) is 2. The van der Waals surface area contributed by atoms with E-state index in [-0.39, 0.29) is 0 Å². The summed E-state index contributed by atoms with van der Waals surface area (Å²) in [5.74, 6) is 1.41. The molecule has 23 heavy (non-hydrogen) atoms. The van der Waals surface area contributed by atoms with Gasteiger partial charge < -0.3 is 14.6 Å². The minimum Gasteiger partial charge on any atom is -0.497 e. The maximum Gasteiger partial charge on any atom is 0.122 e. The van der Waals surface area contributed by atoms with Gasteiger partial charge in [0.1, 0.15) is 16.5 Å². The smallest absolute Gasteiger partial charge is 0.122 e. The summed E-state index contributed by atoms with van der Waals surface area (Å²) in [4.78, 5) is 6.67. The van der Waals surface area contributed by atoms with Gasteiger partial charge in [-0.3, -0.25) is 4.90 Å². The Hall–Kier alpha value is -1.63. The summed E-state index contributed by atoms with van der Waals surface area (Å²) in [5, 5.41) is 14.2. The number of thiazole rings is 1. The van der Waals surface area contributed by atoms with E-state index in [1.165, 1.54) is 0 Å². The maximum atomic E-state index is 11.1. The topological polar surface area (TPSA) is 54.8 Å². The Kier molecular flexibility index (Phi) is 4.84. The molecule has 124 valence electrons. The molecule has 0 atom stereocenters. The Balaban J connectivity index is 1.71. The van der Waals surface area contributed by atoms with E-state index in [9.17, 15) is 5.11 Å². The van der Waals surface area contributed by atoms with E-state index in [0.717, 1.165) is 30.2 Å². The highest BCUT2D eigenvalue weighted by Crippen LogP contribution is 2.37. The van der Waals surface area contributed by atoms with Crippen molar-refractivity contribution in [3.05, 3.63) is 40.3 Å². The van der Waals surface area contributed by atoms with Crippen molar-refractivity contribution in [2.24, 2.45) is 0 Å². The van der Waals surface area contributed by atoms with Crippen molar-refractivity contribution in [1.29, 1.82) is 0 Å². The van der Waals surface area contributed by atoms with Crippen molar-refractivity contribution < 1.29 is 14.6 Å². The summed E-state index contributed by atoms with van der Waals surface area (Å²) in [5.41, 5.74) is 0.0314. The molecule has 0 amide bonds. The van der Waals surface area contributed by atoms with Crippen molar-refractivity contribution in [3.8, 4) is 11.5 Å². The first-order valence-electron chi connectivity index (χ1n) is 7.69. The Labute approximate surface area is 140 Å². The predicted molar refractivity (Wildman–Crippen MR) is 90.1 cm³/mol. The molecule has 3 rings (SSSR count). The summed E-state index contributed by atoms with van der Waals surface area (Å²) in [6.07, 6.45) is 3.21. The quantitative estimate of drug-likeness (QED) is 0.911. The first-order valence-corrected chi connectivity index (χ1v) is 8.57. The summed E-state index contributed by atoms with van der Waals surface area (Å²) >= 11 is 1.67. The SMILES string of the molecule is COc1cc(OC)cc(C2(O)CCN(Cc3nccs3)CC2)c1. The molecule has 0 bridgehead atoms. The minimum atomic E-state index is -0.832. The third kappa shape index (κ3) is 3.65. The molecule has 1 fully saturated rings. The lowest BCUT2D eigenvalue weighted by atomic mass is 9.84. The third-order valence-corrected chi connectivity index (χ3v) is 5.18. The second-order valence-electron chi connectivity index (χ2n) is 5.83. The number of benzene rings is 1. The zero-order valence-corrected chi connectivity index (χ0v) is 14.3. The maximum absolute atomic E-state index is 11.1. The molecule has 0 unspecified atom stereocenters. The van der Waals surface area contributed by atoms with Gasteiger partial charge in [-0.15, -0.1) is 11.3 Å².